The first-order chi connectivity index (χ1) is 12.9. The Hall–Kier alpha value is -3.62. The number of non-ortho nitro benzene ring substituents is 1. The van der Waals surface area contributed by atoms with Crippen molar-refractivity contribution in [3.63, 3.8) is 0 Å². The number of methoxy groups -OCH3 is 2. The Morgan fingerprint density at radius 1 is 1.07 bits per heavy atom. The molecule has 142 valence electrons. The fraction of sp³-hybridized carbons (Fsp3) is 0.222. The molecular formula is C18H18N2O7. The van der Waals surface area contributed by atoms with Crippen molar-refractivity contribution in [3.8, 4) is 11.5 Å². The molecule has 0 unspecified atom stereocenters. The minimum absolute atomic E-state index is 0.0581. The normalized spacial score (nSPS) is 10.0. The second kappa shape index (κ2) is 9.18. The van der Waals surface area contributed by atoms with Gasteiger partial charge in [0.2, 0.25) is 0 Å². The number of esters is 1. The summed E-state index contributed by atoms with van der Waals surface area (Å²) in [7, 11) is 2.86. The number of rotatable bonds is 8. The van der Waals surface area contributed by atoms with Crippen molar-refractivity contribution in [1.82, 2.24) is 0 Å². The molecule has 0 aliphatic heterocycles. The van der Waals surface area contributed by atoms with Crippen LogP contribution in [0.5, 0.6) is 11.5 Å². The van der Waals surface area contributed by atoms with Crippen LogP contribution in [0.3, 0.4) is 0 Å². The molecule has 9 nitrogen and oxygen atoms in total. The second-order valence-corrected chi connectivity index (χ2v) is 5.34. The summed E-state index contributed by atoms with van der Waals surface area (Å²) < 4.78 is 15.2. The number of ether oxygens (including phenoxy) is 3. The highest BCUT2D eigenvalue weighted by atomic mass is 16.6. The first-order valence-electron chi connectivity index (χ1n) is 7.84. The molecule has 1 amide bonds. The van der Waals surface area contributed by atoms with E-state index in [1.807, 2.05) is 0 Å². The molecule has 2 aromatic rings. The Kier molecular flexibility index (Phi) is 6.70. The van der Waals surface area contributed by atoms with Gasteiger partial charge >= 0.3 is 5.97 Å². The Bertz CT molecular complexity index is 851. The summed E-state index contributed by atoms with van der Waals surface area (Å²) in [4.78, 5) is 34.2. The number of carbonyl (C=O) groups excluding carboxylic acids is 2. The number of nitrogens with one attached hydrogen (secondary N) is 1. The predicted octanol–water partition coefficient (Wildman–Crippen LogP) is 2.34. The topological polar surface area (TPSA) is 117 Å². The molecule has 0 bridgehead atoms. The minimum atomic E-state index is -0.651. The number of anilines is 1. The number of nitro groups is 1. The summed E-state index contributed by atoms with van der Waals surface area (Å²) in [6.07, 6.45) is -0.0581. The van der Waals surface area contributed by atoms with Gasteiger partial charge in [0.25, 0.3) is 11.6 Å². The van der Waals surface area contributed by atoms with Crippen molar-refractivity contribution in [1.29, 1.82) is 0 Å². The number of nitro benzene ring substituents is 1. The number of nitrogens with zero attached hydrogens (tertiary/aromatic N) is 1. The van der Waals surface area contributed by atoms with E-state index in [0.717, 1.165) is 6.07 Å². The van der Waals surface area contributed by atoms with E-state index in [9.17, 15) is 19.7 Å². The summed E-state index contributed by atoms with van der Waals surface area (Å²) in [5.41, 5.74) is 0.530. The monoisotopic (exact) mass is 374 g/mol. The van der Waals surface area contributed by atoms with Crippen molar-refractivity contribution >= 4 is 23.3 Å². The van der Waals surface area contributed by atoms with E-state index in [1.54, 1.807) is 24.3 Å². The molecule has 0 heterocycles. The first-order valence-corrected chi connectivity index (χ1v) is 7.84. The Morgan fingerprint density at radius 2 is 1.78 bits per heavy atom. The molecule has 1 N–H and O–H groups in total. The van der Waals surface area contributed by atoms with Crippen LogP contribution in [0.25, 0.3) is 0 Å². The Morgan fingerprint density at radius 3 is 2.44 bits per heavy atom. The second-order valence-electron chi connectivity index (χ2n) is 5.34. The summed E-state index contributed by atoms with van der Waals surface area (Å²) in [6.45, 7) is -0.542. The summed E-state index contributed by atoms with van der Waals surface area (Å²) in [6, 6.07) is 10.7. The zero-order chi connectivity index (χ0) is 19.8. The predicted molar refractivity (Wildman–Crippen MR) is 95.9 cm³/mol. The standard InChI is InChI=1S/C18H18N2O7/c1-25-15-6-4-3-5-12(15)9-18(22)27-11-17(21)19-14-10-13(20(23)24)7-8-16(14)26-2/h3-8,10H,9,11H2,1-2H3,(H,19,21). The van der Waals surface area contributed by atoms with Gasteiger partial charge in [-0.2, -0.15) is 0 Å². The van der Waals surface area contributed by atoms with Crippen LogP contribution in [0.4, 0.5) is 11.4 Å². The average molecular weight is 374 g/mol. The van der Waals surface area contributed by atoms with E-state index in [1.165, 1.54) is 26.4 Å². The van der Waals surface area contributed by atoms with Crippen LogP contribution in [-0.4, -0.2) is 37.6 Å². The van der Waals surface area contributed by atoms with Crippen molar-refractivity contribution in [2.45, 2.75) is 6.42 Å². The highest BCUT2D eigenvalue weighted by Crippen LogP contribution is 2.28. The van der Waals surface area contributed by atoms with Gasteiger partial charge in [0.1, 0.15) is 11.5 Å². The molecule has 0 fully saturated rings. The van der Waals surface area contributed by atoms with Crippen LogP contribution in [-0.2, 0) is 20.7 Å². The fourth-order valence-electron chi connectivity index (χ4n) is 2.30. The van der Waals surface area contributed by atoms with E-state index in [2.05, 4.69) is 5.32 Å². The maximum atomic E-state index is 12.0. The number of para-hydroxylation sites is 1. The molecule has 27 heavy (non-hydrogen) atoms. The largest absolute Gasteiger partial charge is 0.496 e. The maximum Gasteiger partial charge on any atom is 0.310 e. The van der Waals surface area contributed by atoms with E-state index in [-0.39, 0.29) is 23.5 Å². The van der Waals surface area contributed by atoms with E-state index in [0.29, 0.717) is 11.3 Å². The molecule has 0 atom stereocenters. The van der Waals surface area contributed by atoms with Crippen molar-refractivity contribution in [2.75, 3.05) is 26.1 Å². The molecule has 0 radical (unpaired) electrons. The van der Waals surface area contributed by atoms with Crippen LogP contribution < -0.4 is 14.8 Å². The van der Waals surface area contributed by atoms with Gasteiger partial charge in [-0.1, -0.05) is 18.2 Å². The lowest BCUT2D eigenvalue weighted by Crippen LogP contribution is -2.22. The zero-order valence-electron chi connectivity index (χ0n) is 14.8. The van der Waals surface area contributed by atoms with Crippen LogP contribution in [0.2, 0.25) is 0 Å². The lowest BCUT2D eigenvalue weighted by atomic mass is 10.1. The summed E-state index contributed by atoms with van der Waals surface area (Å²) >= 11 is 0. The molecule has 0 aliphatic carbocycles. The fourth-order valence-corrected chi connectivity index (χ4v) is 2.30. The lowest BCUT2D eigenvalue weighted by molar-refractivity contribution is -0.384. The van der Waals surface area contributed by atoms with Crippen LogP contribution >= 0.6 is 0 Å². The third-order valence-corrected chi connectivity index (χ3v) is 3.56. The molecule has 0 saturated carbocycles. The van der Waals surface area contributed by atoms with E-state index < -0.39 is 23.4 Å². The van der Waals surface area contributed by atoms with E-state index >= 15 is 0 Å². The van der Waals surface area contributed by atoms with Crippen molar-refractivity contribution in [3.05, 3.63) is 58.1 Å². The molecule has 0 saturated heterocycles. The quantitative estimate of drug-likeness (QED) is 0.428. The third kappa shape index (κ3) is 5.43. The van der Waals surface area contributed by atoms with E-state index in [4.69, 9.17) is 14.2 Å². The smallest absolute Gasteiger partial charge is 0.310 e. The average Bonchev–Trinajstić information content (AvgIpc) is 2.66. The maximum absolute atomic E-state index is 12.0. The molecule has 2 aromatic carbocycles. The molecular weight excluding hydrogens is 356 g/mol. The van der Waals surface area contributed by atoms with Gasteiger partial charge in [-0.05, 0) is 12.1 Å². The summed E-state index contributed by atoms with van der Waals surface area (Å²) in [5.74, 6) is -0.475. The molecule has 0 spiro atoms. The number of amides is 1. The number of carbonyl (C=O) groups is 2. The molecule has 2 rings (SSSR count). The van der Waals surface area contributed by atoms with Gasteiger partial charge in [-0.25, -0.2) is 0 Å². The SMILES string of the molecule is COc1ccccc1CC(=O)OCC(=O)Nc1cc([N+](=O)[O-])ccc1OC. The van der Waals surface area contributed by atoms with Crippen molar-refractivity contribution in [2.24, 2.45) is 0 Å². The van der Waals surface area contributed by atoms with Gasteiger partial charge in [0.15, 0.2) is 6.61 Å². The molecule has 0 aliphatic rings. The Balaban J connectivity index is 1.95. The summed E-state index contributed by atoms with van der Waals surface area (Å²) in [5, 5.41) is 13.3. The highest BCUT2D eigenvalue weighted by Gasteiger charge is 2.15. The van der Waals surface area contributed by atoms with Crippen LogP contribution in [0, 0.1) is 10.1 Å². The molecule has 0 aromatic heterocycles. The number of benzene rings is 2. The number of hydrogen-bond acceptors (Lipinski definition) is 7. The van der Waals surface area contributed by atoms with Gasteiger partial charge in [0, 0.05) is 17.7 Å². The van der Waals surface area contributed by atoms with Crippen LogP contribution in [0.1, 0.15) is 5.56 Å². The third-order valence-electron chi connectivity index (χ3n) is 3.56. The zero-order valence-corrected chi connectivity index (χ0v) is 14.8. The number of hydrogen-bond donors (Lipinski definition) is 1. The van der Waals surface area contributed by atoms with Crippen LogP contribution in [0.15, 0.2) is 42.5 Å². The van der Waals surface area contributed by atoms with Gasteiger partial charge in [-0.15, -0.1) is 0 Å². The first kappa shape index (κ1) is 19.7. The minimum Gasteiger partial charge on any atom is -0.496 e. The Labute approximate surface area is 155 Å². The molecule has 9 heteroatoms. The van der Waals surface area contributed by atoms with Gasteiger partial charge in [0.05, 0.1) is 31.3 Å². The highest BCUT2D eigenvalue weighted by molar-refractivity contribution is 5.94. The van der Waals surface area contributed by atoms with Gasteiger partial charge < -0.3 is 19.5 Å². The van der Waals surface area contributed by atoms with Crippen molar-refractivity contribution < 1.29 is 28.7 Å². The van der Waals surface area contributed by atoms with Gasteiger partial charge in [-0.3, -0.25) is 19.7 Å². The lowest BCUT2D eigenvalue weighted by Gasteiger charge is -2.11.